The van der Waals surface area contributed by atoms with Crippen LogP contribution in [-0.4, -0.2) is 18.5 Å². The Balaban J connectivity index is 2.50. The molecule has 0 aromatic heterocycles. The Hall–Kier alpha value is -1.35. The first-order valence-corrected chi connectivity index (χ1v) is 6.44. The molecule has 0 saturated heterocycles. The summed E-state index contributed by atoms with van der Waals surface area (Å²) in [6.45, 7) is 6.63. The molecule has 18 heavy (non-hydrogen) atoms. The van der Waals surface area contributed by atoms with Gasteiger partial charge in [0.15, 0.2) is 0 Å². The second-order valence-electron chi connectivity index (χ2n) is 5.93. The monoisotopic (exact) mass is 248 g/mol. The minimum absolute atomic E-state index is 0.00990. The van der Waals surface area contributed by atoms with Crippen LogP contribution in [0.5, 0.6) is 0 Å². The minimum Gasteiger partial charge on any atom is -0.352 e. The molecular weight excluding hydrogens is 224 g/mol. The van der Waals surface area contributed by atoms with Crippen molar-refractivity contribution in [2.75, 3.05) is 6.54 Å². The van der Waals surface area contributed by atoms with Crippen LogP contribution in [0.15, 0.2) is 30.3 Å². The third-order valence-electron chi connectivity index (χ3n) is 2.67. The number of nitrogens with two attached hydrogens (primary N) is 1. The molecule has 1 rings (SSSR count). The molecule has 0 radical (unpaired) electrons. The van der Waals surface area contributed by atoms with Crippen molar-refractivity contribution in [2.45, 2.75) is 39.7 Å². The summed E-state index contributed by atoms with van der Waals surface area (Å²) in [6.07, 6.45) is 1.31. The lowest BCUT2D eigenvalue weighted by molar-refractivity contribution is -0.123. The lowest BCUT2D eigenvalue weighted by atomic mass is 9.91. The van der Waals surface area contributed by atoms with E-state index in [0.29, 0.717) is 13.0 Å². The van der Waals surface area contributed by atoms with Crippen LogP contribution >= 0.6 is 0 Å². The van der Waals surface area contributed by atoms with Gasteiger partial charge in [-0.05, 0) is 17.4 Å². The van der Waals surface area contributed by atoms with Crippen LogP contribution in [0.2, 0.25) is 0 Å². The van der Waals surface area contributed by atoms with Gasteiger partial charge >= 0.3 is 0 Å². The number of hydrogen-bond donors (Lipinski definition) is 2. The van der Waals surface area contributed by atoms with E-state index in [2.05, 4.69) is 38.2 Å². The van der Waals surface area contributed by atoms with Crippen LogP contribution in [0, 0.1) is 5.41 Å². The molecule has 1 atom stereocenters. The van der Waals surface area contributed by atoms with Gasteiger partial charge in [-0.3, -0.25) is 4.79 Å². The zero-order valence-electron chi connectivity index (χ0n) is 11.6. The van der Waals surface area contributed by atoms with E-state index in [-0.39, 0.29) is 17.4 Å². The lowest BCUT2D eigenvalue weighted by Crippen LogP contribution is -2.42. The average Bonchev–Trinajstić information content (AvgIpc) is 2.27. The van der Waals surface area contributed by atoms with E-state index >= 15 is 0 Å². The Morgan fingerprint density at radius 1 is 1.28 bits per heavy atom. The number of carbonyl (C=O) groups is 1. The zero-order valence-corrected chi connectivity index (χ0v) is 11.6. The number of carbonyl (C=O) groups excluding carboxylic acids is 1. The average molecular weight is 248 g/mol. The van der Waals surface area contributed by atoms with Crippen molar-refractivity contribution in [3.8, 4) is 0 Å². The zero-order chi connectivity index (χ0) is 13.6. The molecule has 0 spiro atoms. The highest BCUT2D eigenvalue weighted by Gasteiger charge is 2.18. The van der Waals surface area contributed by atoms with E-state index in [1.807, 2.05) is 18.2 Å². The van der Waals surface area contributed by atoms with Gasteiger partial charge in [-0.15, -0.1) is 0 Å². The summed E-state index contributed by atoms with van der Waals surface area (Å²) in [5.74, 6) is 0.0777. The van der Waals surface area contributed by atoms with Crippen molar-refractivity contribution < 1.29 is 4.79 Å². The molecule has 1 aromatic carbocycles. The van der Waals surface area contributed by atoms with Crippen molar-refractivity contribution in [1.29, 1.82) is 0 Å². The van der Waals surface area contributed by atoms with Crippen molar-refractivity contribution in [3.05, 3.63) is 35.9 Å². The fourth-order valence-electron chi connectivity index (χ4n) is 1.85. The smallest absolute Gasteiger partial charge is 0.220 e. The highest BCUT2D eigenvalue weighted by molar-refractivity contribution is 5.76. The van der Waals surface area contributed by atoms with Crippen molar-refractivity contribution >= 4 is 5.91 Å². The predicted molar refractivity (Wildman–Crippen MR) is 75.2 cm³/mol. The quantitative estimate of drug-likeness (QED) is 0.838. The largest absolute Gasteiger partial charge is 0.352 e. The summed E-state index contributed by atoms with van der Waals surface area (Å²) in [4.78, 5) is 11.9. The maximum Gasteiger partial charge on any atom is 0.220 e. The molecule has 0 saturated carbocycles. The van der Waals surface area contributed by atoms with Crippen LogP contribution in [0.25, 0.3) is 0 Å². The predicted octanol–water partition coefficient (Wildman–Crippen LogP) is 2.11. The normalized spacial score (nSPS) is 13.1. The van der Waals surface area contributed by atoms with Crippen LogP contribution in [0.3, 0.4) is 0 Å². The molecule has 3 heteroatoms. The topological polar surface area (TPSA) is 55.1 Å². The third-order valence-corrected chi connectivity index (χ3v) is 2.67. The molecule has 0 aliphatic heterocycles. The van der Waals surface area contributed by atoms with E-state index in [0.717, 1.165) is 6.42 Å². The number of nitrogens with one attached hydrogen (secondary N) is 1. The summed E-state index contributed by atoms with van der Waals surface area (Å²) in [7, 11) is 0. The third kappa shape index (κ3) is 5.82. The van der Waals surface area contributed by atoms with E-state index in [1.165, 1.54) is 5.56 Å². The lowest BCUT2D eigenvalue weighted by Gasteiger charge is -2.21. The Labute approximate surface area is 110 Å². The molecule has 3 N–H and O–H groups in total. The van der Waals surface area contributed by atoms with Gasteiger partial charge in [-0.1, -0.05) is 51.1 Å². The molecule has 1 aromatic rings. The van der Waals surface area contributed by atoms with Crippen LogP contribution < -0.4 is 11.1 Å². The molecule has 1 unspecified atom stereocenters. The molecule has 0 bridgehead atoms. The van der Waals surface area contributed by atoms with Crippen molar-refractivity contribution in [3.63, 3.8) is 0 Å². The standard InChI is InChI=1S/C15H24N2O/c1-15(2,3)10-14(18)17-13(11-16)9-12-7-5-4-6-8-12/h4-8,13H,9-11,16H2,1-3H3,(H,17,18). The molecule has 0 aliphatic rings. The van der Waals surface area contributed by atoms with Crippen LogP contribution in [-0.2, 0) is 11.2 Å². The summed E-state index contributed by atoms with van der Waals surface area (Å²) in [5, 5.41) is 3.01. The van der Waals surface area contributed by atoms with Crippen LogP contribution in [0.4, 0.5) is 0 Å². The van der Waals surface area contributed by atoms with Gasteiger partial charge in [-0.2, -0.15) is 0 Å². The van der Waals surface area contributed by atoms with E-state index < -0.39 is 0 Å². The highest BCUT2D eigenvalue weighted by atomic mass is 16.1. The molecule has 3 nitrogen and oxygen atoms in total. The Morgan fingerprint density at radius 2 is 1.89 bits per heavy atom. The summed E-state index contributed by atoms with van der Waals surface area (Å²) < 4.78 is 0. The van der Waals surface area contributed by atoms with Crippen molar-refractivity contribution in [1.82, 2.24) is 5.32 Å². The Bertz CT molecular complexity index is 368. The Kier molecular flexibility index (Phi) is 5.35. The summed E-state index contributed by atoms with van der Waals surface area (Å²) in [5.41, 5.74) is 6.93. The first kappa shape index (κ1) is 14.7. The van der Waals surface area contributed by atoms with Gasteiger partial charge in [0.25, 0.3) is 0 Å². The van der Waals surface area contributed by atoms with E-state index in [4.69, 9.17) is 5.73 Å². The van der Waals surface area contributed by atoms with Gasteiger partial charge in [0.2, 0.25) is 5.91 Å². The molecule has 0 aliphatic carbocycles. The van der Waals surface area contributed by atoms with Gasteiger partial charge in [-0.25, -0.2) is 0 Å². The number of amides is 1. The SMILES string of the molecule is CC(C)(C)CC(=O)NC(CN)Cc1ccccc1. The minimum atomic E-state index is 0.00990. The summed E-state index contributed by atoms with van der Waals surface area (Å²) in [6, 6.07) is 10.1. The molecule has 0 heterocycles. The highest BCUT2D eigenvalue weighted by Crippen LogP contribution is 2.18. The molecule has 1 amide bonds. The van der Waals surface area contributed by atoms with Gasteiger partial charge in [0, 0.05) is 19.0 Å². The first-order valence-electron chi connectivity index (χ1n) is 6.44. The maximum absolute atomic E-state index is 11.9. The van der Waals surface area contributed by atoms with Crippen molar-refractivity contribution in [2.24, 2.45) is 11.1 Å². The molecule has 0 fully saturated rings. The second-order valence-corrected chi connectivity index (χ2v) is 5.93. The van der Waals surface area contributed by atoms with Gasteiger partial charge in [0.1, 0.15) is 0 Å². The Morgan fingerprint density at radius 3 is 2.39 bits per heavy atom. The van der Waals surface area contributed by atoms with E-state index in [1.54, 1.807) is 0 Å². The van der Waals surface area contributed by atoms with E-state index in [9.17, 15) is 4.79 Å². The fraction of sp³-hybridized carbons (Fsp3) is 0.533. The van der Waals surface area contributed by atoms with Gasteiger partial charge in [0.05, 0.1) is 0 Å². The fourth-order valence-corrected chi connectivity index (χ4v) is 1.85. The number of hydrogen-bond acceptors (Lipinski definition) is 2. The second kappa shape index (κ2) is 6.55. The number of rotatable bonds is 5. The van der Waals surface area contributed by atoms with Crippen LogP contribution in [0.1, 0.15) is 32.8 Å². The molecule has 100 valence electrons. The molecular formula is C15H24N2O. The maximum atomic E-state index is 11.9. The first-order chi connectivity index (χ1) is 8.40. The summed E-state index contributed by atoms with van der Waals surface area (Å²) >= 11 is 0. The number of benzene rings is 1. The van der Waals surface area contributed by atoms with Gasteiger partial charge < -0.3 is 11.1 Å².